The van der Waals surface area contributed by atoms with Gasteiger partial charge in [0.15, 0.2) is 12.2 Å². The number of aliphatic hydroxyl groups excluding tert-OH is 4. The Hall–Kier alpha value is -6.21. The van der Waals surface area contributed by atoms with Crippen LogP contribution in [0.2, 0.25) is 0 Å². The number of hydrogen-bond acceptors (Lipinski definition) is 14. The minimum atomic E-state index is -1.94. The molecule has 2 heterocycles. The molecule has 318 valence electrons. The predicted molar refractivity (Wildman–Crippen MR) is 198 cm³/mol. The van der Waals surface area contributed by atoms with Crippen molar-refractivity contribution >= 4 is 41.5 Å². The molecule has 1 aromatic heterocycles. The Morgan fingerprint density at radius 2 is 1.59 bits per heavy atom. The van der Waals surface area contributed by atoms with Gasteiger partial charge in [-0.05, 0) is 25.3 Å². The van der Waals surface area contributed by atoms with E-state index >= 15 is 0 Å². The Morgan fingerprint density at radius 1 is 0.914 bits per heavy atom. The highest BCUT2D eigenvalue weighted by Gasteiger charge is 2.45. The van der Waals surface area contributed by atoms with Crippen molar-refractivity contribution in [2.45, 2.75) is 87.9 Å². The average Bonchev–Trinajstić information content (AvgIpc) is 3.16. The molecule has 0 bridgehead atoms. The van der Waals surface area contributed by atoms with Gasteiger partial charge in [-0.2, -0.15) is 0 Å². The fourth-order valence-corrected chi connectivity index (χ4v) is 5.70. The van der Waals surface area contributed by atoms with E-state index in [0.717, 1.165) is 4.57 Å². The summed E-state index contributed by atoms with van der Waals surface area (Å²) in [5.41, 5.74) is 4.59. The Morgan fingerprint density at radius 3 is 2.22 bits per heavy atom. The number of nitrogens with two attached hydrogens (primary N) is 1. The summed E-state index contributed by atoms with van der Waals surface area (Å²) < 4.78 is 5.91. The number of aromatic nitrogens is 2. The third kappa shape index (κ3) is 14.1. The lowest BCUT2D eigenvalue weighted by atomic mass is 9.96. The molecule has 1 aliphatic rings. The monoisotopic (exact) mass is 820 g/mol. The van der Waals surface area contributed by atoms with E-state index in [0.29, 0.717) is 5.56 Å². The molecule has 3 rings (SSSR count). The average molecular weight is 821 g/mol. The zero-order valence-corrected chi connectivity index (χ0v) is 31.2. The maximum absolute atomic E-state index is 13.7. The second-order valence-corrected chi connectivity index (χ2v) is 13.3. The summed E-state index contributed by atoms with van der Waals surface area (Å²) in [5.74, 6) is -6.79. The van der Waals surface area contributed by atoms with Gasteiger partial charge in [-0.15, -0.1) is 0 Å². The van der Waals surface area contributed by atoms with E-state index in [1.807, 2.05) is 0 Å². The second kappa shape index (κ2) is 21.9. The number of nitrogens with one attached hydrogen (secondary N) is 8. The second-order valence-electron chi connectivity index (χ2n) is 13.3. The van der Waals surface area contributed by atoms with Crippen LogP contribution in [0.5, 0.6) is 0 Å². The number of carboxylic acid groups (broad SMARTS) is 1. The SMILES string of the molecule is Cc1cn(CC(=O)N[C@@H](Cc2ccccc2)C(=O)N[C@@H](CCCNC(=N)N)C(=O)NCC(=O)N[C@@H](CC(=O)O)C(=O)N[C@H]2C(O)O[C@H](CO)[C@@H](O)[C@@H]2O)c(=O)[nH]c1=O. The number of amides is 5. The number of aromatic amines is 1. The number of nitrogens with zero attached hydrogens (tertiary/aromatic N) is 1. The highest BCUT2D eigenvalue weighted by Crippen LogP contribution is 2.20. The normalized spacial score (nSPS) is 20.3. The van der Waals surface area contributed by atoms with Crippen molar-refractivity contribution in [3.63, 3.8) is 0 Å². The van der Waals surface area contributed by atoms with Crippen LogP contribution in [0.25, 0.3) is 0 Å². The maximum Gasteiger partial charge on any atom is 0.328 e. The van der Waals surface area contributed by atoms with Gasteiger partial charge in [0, 0.05) is 24.7 Å². The minimum absolute atomic E-state index is 0.0738. The number of aliphatic hydroxyl groups is 4. The van der Waals surface area contributed by atoms with E-state index in [1.54, 1.807) is 30.3 Å². The van der Waals surface area contributed by atoms with Crippen LogP contribution in [0.3, 0.4) is 0 Å². The van der Waals surface area contributed by atoms with Gasteiger partial charge in [0.25, 0.3) is 5.56 Å². The number of ether oxygens (including phenoxy) is 1. The van der Waals surface area contributed by atoms with E-state index in [1.165, 1.54) is 13.1 Å². The zero-order chi connectivity index (χ0) is 43.1. The molecule has 1 aromatic carbocycles. The number of carbonyl (C=O) groups excluding carboxylic acids is 5. The minimum Gasteiger partial charge on any atom is -0.481 e. The molecule has 1 saturated heterocycles. The Kier molecular flexibility index (Phi) is 17.5. The van der Waals surface area contributed by atoms with Gasteiger partial charge in [-0.1, -0.05) is 30.3 Å². The van der Waals surface area contributed by atoms with Crippen molar-refractivity contribution in [3.8, 4) is 0 Å². The van der Waals surface area contributed by atoms with Crippen LogP contribution in [0.1, 0.15) is 30.4 Å². The third-order valence-electron chi connectivity index (χ3n) is 8.72. The van der Waals surface area contributed by atoms with Gasteiger partial charge in [0.2, 0.25) is 29.5 Å². The Bertz CT molecular complexity index is 1910. The van der Waals surface area contributed by atoms with Crippen LogP contribution in [0, 0.1) is 12.3 Å². The van der Waals surface area contributed by atoms with E-state index in [-0.39, 0.29) is 37.3 Å². The van der Waals surface area contributed by atoms with Gasteiger partial charge < -0.3 is 67.9 Å². The van der Waals surface area contributed by atoms with Gasteiger partial charge in [0.05, 0.1) is 19.6 Å². The van der Waals surface area contributed by atoms with Gasteiger partial charge in [-0.3, -0.25) is 48.5 Å². The first-order valence-electron chi connectivity index (χ1n) is 17.8. The highest BCUT2D eigenvalue weighted by atomic mass is 16.6. The van der Waals surface area contributed by atoms with E-state index in [2.05, 4.69) is 36.9 Å². The predicted octanol–water partition coefficient (Wildman–Crippen LogP) is -6.69. The summed E-state index contributed by atoms with van der Waals surface area (Å²) in [4.78, 5) is 104. The number of aliphatic carboxylic acids is 1. The molecule has 24 nitrogen and oxygen atoms in total. The molecule has 8 atom stereocenters. The summed E-state index contributed by atoms with van der Waals surface area (Å²) in [6.07, 6.45) is -6.81. The Balaban J connectivity index is 1.74. The van der Waals surface area contributed by atoms with E-state index < -0.39 is 122 Å². The van der Waals surface area contributed by atoms with Crippen LogP contribution in [0.4, 0.5) is 0 Å². The number of carboxylic acids is 1. The first-order valence-corrected chi connectivity index (χ1v) is 17.8. The van der Waals surface area contributed by atoms with Crippen molar-refractivity contribution in [1.82, 2.24) is 41.5 Å². The quantitative estimate of drug-likeness (QED) is 0.0335. The molecule has 1 unspecified atom stereocenters. The van der Waals surface area contributed by atoms with Gasteiger partial charge in [-0.25, -0.2) is 4.79 Å². The van der Waals surface area contributed by atoms with E-state index in [9.17, 15) is 63.9 Å². The number of benzene rings is 1. The first-order chi connectivity index (χ1) is 27.4. The molecule has 1 fully saturated rings. The maximum atomic E-state index is 13.7. The fraction of sp³-hybridized carbons (Fsp3) is 0.500. The van der Waals surface area contributed by atoms with Crippen molar-refractivity contribution in [3.05, 3.63) is 68.5 Å². The molecule has 24 heteroatoms. The molecule has 0 saturated carbocycles. The summed E-state index contributed by atoms with van der Waals surface area (Å²) in [5, 5.41) is 70.7. The van der Waals surface area contributed by atoms with Crippen LogP contribution >= 0.6 is 0 Å². The van der Waals surface area contributed by atoms with Gasteiger partial charge >= 0.3 is 11.7 Å². The fourth-order valence-electron chi connectivity index (χ4n) is 5.70. The Labute approximate surface area is 329 Å². The van der Waals surface area contributed by atoms with Gasteiger partial charge in [0.1, 0.15) is 49.0 Å². The number of guanidine groups is 1. The standard InChI is InChI=1S/C34H48N10O14/c1-16-13-44(34(57)43-28(16)52)14-23(47)40-19(10-17-6-3-2-4-7-17)30(54)41-18(8-5-9-37-33(35)36)29(53)38-12-22(46)39-20(11-24(48)49)31(55)42-25-27(51)26(50)21(15-45)58-32(25)56/h2-4,6-7,13,18-21,25-27,32,45,50-51,56H,5,8-12,14-15H2,1H3,(H,38,53)(H,39,46)(H,40,47)(H,41,54)(H,42,55)(H,48,49)(H4,35,36,37)(H,43,52,57)/t18-,19-,20-,21+,25+,26+,27+,32?/m0/s1. The van der Waals surface area contributed by atoms with Crippen molar-refractivity contribution < 1.29 is 59.0 Å². The number of carbonyl (C=O) groups is 6. The number of aryl methyl sites for hydroxylation is 1. The molecular formula is C34H48N10O14. The molecular weight excluding hydrogens is 772 g/mol. The van der Waals surface area contributed by atoms with E-state index in [4.69, 9.17) is 15.9 Å². The van der Waals surface area contributed by atoms with Crippen LogP contribution in [-0.4, -0.2) is 145 Å². The van der Waals surface area contributed by atoms with Crippen LogP contribution in [0.15, 0.2) is 46.1 Å². The molecule has 0 radical (unpaired) electrons. The molecule has 2 aromatic rings. The summed E-state index contributed by atoms with van der Waals surface area (Å²) in [7, 11) is 0. The topological polar surface area (TPSA) is 390 Å². The lowest BCUT2D eigenvalue weighted by Gasteiger charge is -2.40. The molecule has 15 N–H and O–H groups in total. The highest BCUT2D eigenvalue weighted by molar-refractivity contribution is 5.95. The largest absolute Gasteiger partial charge is 0.481 e. The smallest absolute Gasteiger partial charge is 0.328 e. The number of H-pyrrole nitrogens is 1. The molecule has 0 spiro atoms. The third-order valence-corrected chi connectivity index (χ3v) is 8.72. The lowest BCUT2D eigenvalue weighted by molar-refractivity contribution is -0.254. The molecule has 1 aliphatic heterocycles. The lowest BCUT2D eigenvalue weighted by Crippen LogP contribution is -2.66. The summed E-state index contributed by atoms with van der Waals surface area (Å²) in [6.45, 7) is -0.698. The number of rotatable bonds is 20. The zero-order valence-electron chi connectivity index (χ0n) is 31.2. The summed E-state index contributed by atoms with van der Waals surface area (Å²) in [6, 6.07) is 2.24. The van der Waals surface area contributed by atoms with Crippen LogP contribution < -0.4 is 48.9 Å². The number of hydrogen-bond donors (Lipinski definition) is 14. The van der Waals surface area contributed by atoms with Crippen molar-refractivity contribution in [2.24, 2.45) is 5.73 Å². The molecule has 0 aliphatic carbocycles. The summed E-state index contributed by atoms with van der Waals surface area (Å²) >= 11 is 0. The van der Waals surface area contributed by atoms with Crippen LogP contribution in [-0.2, 0) is 46.5 Å². The molecule has 5 amide bonds. The van der Waals surface area contributed by atoms with Crippen molar-refractivity contribution in [2.75, 3.05) is 19.7 Å². The molecule has 58 heavy (non-hydrogen) atoms. The first kappa shape index (κ1) is 46.2. The van der Waals surface area contributed by atoms with Crippen molar-refractivity contribution in [1.29, 1.82) is 5.41 Å².